The fraction of sp³-hybridized carbons (Fsp3) is 0.389. The van der Waals surface area contributed by atoms with E-state index in [-0.39, 0.29) is 12.0 Å². The molecule has 0 aliphatic carbocycles. The summed E-state index contributed by atoms with van der Waals surface area (Å²) in [4.78, 5) is 20.6. The Morgan fingerprint density at radius 3 is 2.68 bits per heavy atom. The van der Waals surface area contributed by atoms with Crippen molar-refractivity contribution in [3.05, 3.63) is 42.2 Å². The Balaban J connectivity index is 1.52. The van der Waals surface area contributed by atoms with Crippen molar-refractivity contribution in [2.24, 2.45) is 0 Å². The maximum atomic E-state index is 12.2. The second-order valence-corrected chi connectivity index (χ2v) is 5.72. The van der Waals surface area contributed by atoms with Crippen LogP contribution in [0.2, 0.25) is 0 Å². The Bertz CT molecular complexity index is 682. The van der Waals surface area contributed by atoms with E-state index in [1.807, 2.05) is 19.1 Å². The van der Waals surface area contributed by atoms with Gasteiger partial charge < -0.3 is 20.1 Å². The summed E-state index contributed by atoms with van der Waals surface area (Å²) in [5.41, 5.74) is 1.09. The van der Waals surface area contributed by atoms with E-state index in [9.17, 15) is 4.79 Å². The minimum absolute atomic E-state index is 0.214. The minimum atomic E-state index is -0.255. The van der Waals surface area contributed by atoms with Gasteiger partial charge in [0.1, 0.15) is 5.75 Å². The first-order chi connectivity index (χ1) is 12.2. The molecule has 1 amide bonds. The first-order valence-electron chi connectivity index (χ1n) is 8.46. The number of benzene rings is 1. The van der Waals surface area contributed by atoms with Crippen molar-refractivity contribution in [1.82, 2.24) is 9.97 Å². The number of carbonyl (C=O) groups excluding carboxylic acids is 1. The molecule has 1 aliphatic heterocycles. The maximum Gasteiger partial charge on any atom is 0.258 e. The standard InChI is InChI=1S/C18H22N4O3/c1-2-24-15-7-5-14(6-8-15)22-17(23)13-10-19-18(20-11-13)21-12-16-4-3-9-25-16/h5-8,10-11,16H,2-4,9,12H2,1H3,(H,22,23)(H,19,20,21). The Morgan fingerprint density at radius 1 is 1.28 bits per heavy atom. The van der Waals surface area contributed by atoms with Gasteiger partial charge >= 0.3 is 0 Å². The van der Waals surface area contributed by atoms with Crippen LogP contribution in [0.1, 0.15) is 30.1 Å². The molecular weight excluding hydrogens is 320 g/mol. The Labute approximate surface area is 146 Å². The van der Waals surface area contributed by atoms with Crippen LogP contribution in [0.4, 0.5) is 11.6 Å². The van der Waals surface area contributed by atoms with Crippen molar-refractivity contribution in [1.29, 1.82) is 0 Å². The lowest BCUT2D eigenvalue weighted by molar-refractivity contribution is 0.102. The van der Waals surface area contributed by atoms with Crippen LogP contribution in [0, 0.1) is 0 Å². The van der Waals surface area contributed by atoms with Crippen molar-refractivity contribution in [2.75, 3.05) is 30.4 Å². The molecule has 1 unspecified atom stereocenters. The molecule has 7 nitrogen and oxygen atoms in total. The first-order valence-corrected chi connectivity index (χ1v) is 8.46. The molecule has 1 atom stereocenters. The van der Waals surface area contributed by atoms with E-state index in [2.05, 4.69) is 20.6 Å². The number of rotatable bonds is 7. The van der Waals surface area contributed by atoms with E-state index >= 15 is 0 Å². The fourth-order valence-electron chi connectivity index (χ4n) is 2.55. The smallest absolute Gasteiger partial charge is 0.258 e. The predicted molar refractivity (Wildman–Crippen MR) is 95.1 cm³/mol. The second kappa shape index (κ2) is 8.43. The number of carbonyl (C=O) groups is 1. The zero-order valence-electron chi connectivity index (χ0n) is 14.2. The second-order valence-electron chi connectivity index (χ2n) is 5.72. The van der Waals surface area contributed by atoms with Crippen molar-refractivity contribution in [3.63, 3.8) is 0 Å². The zero-order valence-corrected chi connectivity index (χ0v) is 14.2. The van der Waals surface area contributed by atoms with E-state index in [1.54, 1.807) is 12.1 Å². The molecule has 0 spiro atoms. The van der Waals surface area contributed by atoms with Gasteiger partial charge in [-0.25, -0.2) is 9.97 Å². The largest absolute Gasteiger partial charge is 0.494 e. The van der Waals surface area contributed by atoms with Gasteiger partial charge in [0.15, 0.2) is 0 Å². The van der Waals surface area contributed by atoms with E-state index < -0.39 is 0 Å². The molecule has 25 heavy (non-hydrogen) atoms. The van der Waals surface area contributed by atoms with Gasteiger partial charge in [0.2, 0.25) is 5.95 Å². The number of amides is 1. The third-order valence-corrected chi connectivity index (χ3v) is 3.85. The van der Waals surface area contributed by atoms with Crippen molar-refractivity contribution >= 4 is 17.5 Å². The Morgan fingerprint density at radius 2 is 2.04 bits per heavy atom. The lowest BCUT2D eigenvalue weighted by atomic mass is 10.2. The monoisotopic (exact) mass is 342 g/mol. The topological polar surface area (TPSA) is 85.4 Å². The van der Waals surface area contributed by atoms with Crippen LogP contribution >= 0.6 is 0 Å². The van der Waals surface area contributed by atoms with Crippen LogP contribution in [-0.4, -0.2) is 41.7 Å². The van der Waals surface area contributed by atoms with Crippen LogP contribution in [0.15, 0.2) is 36.7 Å². The molecule has 132 valence electrons. The highest BCUT2D eigenvalue weighted by Crippen LogP contribution is 2.16. The van der Waals surface area contributed by atoms with Crippen LogP contribution in [0.25, 0.3) is 0 Å². The van der Waals surface area contributed by atoms with Gasteiger partial charge in [-0.2, -0.15) is 0 Å². The summed E-state index contributed by atoms with van der Waals surface area (Å²) in [5.74, 6) is 1.01. The molecule has 7 heteroatoms. The zero-order chi connectivity index (χ0) is 17.5. The van der Waals surface area contributed by atoms with Gasteiger partial charge in [-0.15, -0.1) is 0 Å². The number of nitrogens with one attached hydrogen (secondary N) is 2. The lowest BCUT2D eigenvalue weighted by Gasteiger charge is -2.10. The van der Waals surface area contributed by atoms with Crippen LogP contribution in [-0.2, 0) is 4.74 Å². The summed E-state index contributed by atoms with van der Waals surface area (Å²) in [6, 6.07) is 7.21. The summed E-state index contributed by atoms with van der Waals surface area (Å²) >= 11 is 0. The fourth-order valence-corrected chi connectivity index (χ4v) is 2.55. The highest BCUT2D eigenvalue weighted by molar-refractivity contribution is 6.03. The van der Waals surface area contributed by atoms with E-state index in [0.29, 0.717) is 30.4 Å². The number of anilines is 2. The van der Waals surface area contributed by atoms with Gasteiger partial charge in [0, 0.05) is 31.2 Å². The summed E-state index contributed by atoms with van der Waals surface area (Å²) < 4.78 is 10.9. The van der Waals surface area contributed by atoms with Gasteiger partial charge in [-0.05, 0) is 44.0 Å². The van der Waals surface area contributed by atoms with Crippen molar-refractivity contribution in [3.8, 4) is 5.75 Å². The number of hydrogen-bond donors (Lipinski definition) is 2. The average Bonchev–Trinajstić information content (AvgIpc) is 3.16. The molecule has 1 aliphatic rings. The quantitative estimate of drug-likeness (QED) is 0.805. The number of hydrogen-bond acceptors (Lipinski definition) is 6. The third kappa shape index (κ3) is 4.90. The van der Waals surface area contributed by atoms with Gasteiger partial charge in [0.25, 0.3) is 5.91 Å². The van der Waals surface area contributed by atoms with Crippen LogP contribution < -0.4 is 15.4 Å². The summed E-state index contributed by atoms with van der Waals surface area (Å²) in [7, 11) is 0. The molecule has 1 saturated heterocycles. The Kier molecular flexibility index (Phi) is 5.79. The third-order valence-electron chi connectivity index (χ3n) is 3.85. The molecule has 2 N–H and O–H groups in total. The lowest BCUT2D eigenvalue weighted by Crippen LogP contribution is -2.20. The predicted octanol–water partition coefficient (Wildman–Crippen LogP) is 2.72. The highest BCUT2D eigenvalue weighted by atomic mass is 16.5. The molecule has 0 radical (unpaired) electrons. The van der Waals surface area contributed by atoms with Crippen molar-refractivity contribution < 1.29 is 14.3 Å². The number of nitrogens with zero attached hydrogens (tertiary/aromatic N) is 2. The molecule has 3 rings (SSSR count). The van der Waals surface area contributed by atoms with Gasteiger partial charge in [-0.3, -0.25) is 4.79 Å². The number of aromatic nitrogens is 2. The molecule has 0 bridgehead atoms. The first kappa shape index (κ1) is 17.2. The molecule has 1 aromatic heterocycles. The van der Waals surface area contributed by atoms with Crippen molar-refractivity contribution in [2.45, 2.75) is 25.9 Å². The molecule has 0 saturated carbocycles. The SMILES string of the molecule is CCOc1ccc(NC(=O)c2cnc(NCC3CCCO3)nc2)cc1. The summed E-state index contributed by atoms with van der Waals surface area (Å²) in [5, 5.41) is 5.94. The summed E-state index contributed by atoms with van der Waals surface area (Å²) in [6.45, 7) is 4.03. The van der Waals surface area contributed by atoms with Crippen LogP contribution in [0.3, 0.4) is 0 Å². The van der Waals surface area contributed by atoms with Gasteiger partial charge in [0.05, 0.1) is 18.3 Å². The van der Waals surface area contributed by atoms with Gasteiger partial charge in [-0.1, -0.05) is 0 Å². The van der Waals surface area contributed by atoms with E-state index in [0.717, 1.165) is 25.2 Å². The number of ether oxygens (including phenoxy) is 2. The summed E-state index contributed by atoms with van der Waals surface area (Å²) in [6.07, 6.45) is 5.38. The van der Waals surface area contributed by atoms with E-state index in [4.69, 9.17) is 9.47 Å². The molecule has 2 aromatic rings. The maximum absolute atomic E-state index is 12.2. The Hall–Kier alpha value is -2.67. The molecule has 1 fully saturated rings. The molecule has 1 aromatic carbocycles. The normalized spacial score (nSPS) is 16.4. The highest BCUT2D eigenvalue weighted by Gasteiger charge is 2.15. The van der Waals surface area contributed by atoms with E-state index in [1.165, 1.54) is 12.4 Å². The minimum Gasteiger partial charge on any atom is -0.494 e. The average molecular weight is 342 g/mol. The molecular formula is C18H22N4O3. The molecule has 2 heterocycles. The van der Waals surface area contributed by atoms with Crippen LogP contribution in [0.5, 0.6) is 5.75 Å².